The summed E-state index contributed by atoms with van der Waals surface area (Å²) < 4.78 is 16.6. The zero-order chi connectivity index (χ0) is 20.9. The summed E-state index contributed by atoms with van der Waals surface area (Å²) in [6, 6.07) is 19.4. The molecule has 0 radical (unpaired) electrons. The summed E-state index contributed by atoms with van der Waals surface area (Å²) in [6.45, 7) is 6.02. The van der Waals surface area contributed by atoms with Crippen molar-refractivity contribution in [2.75, 3.05) is 47.5 Å². The van der Waals surface area contributed by atoms with Gasteiger partial charge in [-0.3, -0.25) is 9.80 Å². The van der Waals surface area contributed by atoms with E-state index in [4.69, 9.17) is 14.2 Å². The zero-order valence-corrected chi connectivity index (χ0v) is 18.1. The van der Waals surface area contributed by atoms with E-state index in [1.807, 2.05) is 6.07 Å². The fourth-order valence-electron chi connectivity index (χ4n) is 4.23. The molecule has 158 valence electrons. The molecular weight excluding hydrogens is 376 g/mol. The molecule has 1 aliphatic rings. The van der Waals surface area contributed by atoms with Gasteiger partial charge in [0.2, 0.25) is 5.75 Å². The fraction of sp³-hybridized carbons (Fsp3) is 0.360. The SMILES string of the molecule is COc1ccc(CN2CCN(Cc3ccc4ccccc4c3)CC2)c(OC)c1OC. The Balaban J connectivity index is 1.37. The smallest absolute Gasteiger partial charge is 0.203 e. The van der Waals surface area contributed by atoms with E-state index in [0.29, 0.717) is 11.5 Å². The lowest BCUT2D eigenvalue weighted by Gasteiger charge is -2.35. The minimum Gasteiger partial charge on any atom is -0.493 e. The number of nitrogens with zero attached hydrogens (tertiary/aromatic N) is 2. The lowest BCUT2D eigenvalue weighted by Crippen LogP contribution is -2.45. The second kappa shape index (κ2) is 9.37. The zero-order valence-electron chi connectivity index (χ0n) is 18.1. The largest absolute Gasteiger partial charge is 0.493 e. The minimum absolute atomic E-state index is 0.660. The second-order valence-corrected chi connectivity index (χ2v) is 7.73. The molecule has 0 spiro atoms. The van der Waals surface area contributed by atoms with Crippen LogP contribution in [-0.2, 0) is 13.1 Å². The van der Waals surface area contributed by atoms with Crippen LogP contribution in [0.2, 0.25) is 0 Å². The summed E-state index contributed by atoms with van der Waals surface area (Å²) in [5.74, 6) is 2.11. The number of benzene rings is 3. The maximum atomic E-state index is 5.64. The average molecular weight is 407 g/mol. The molecule has 1 fully saturated rings. The number of rotatable bonds is 7. The molecule has 30 heavy (non-hydrogen) atoms. The van der Waals surface area contributed by atoms with Crippen LogP contribution >= 0.6 is 0 Å². The van der Waals surface area contributed by atoms with Crippen LogP contribution in [0.4, 0.5) is 0 Å². The third-order valence-electron chi connectivity index (χ3n) is 5.86. The highest BCUT2D eigenvalue weighted by Gasteiger charge is 2.21. The summed E-state index contributed by atoms with van der Waals surface area (Å²) >= 11 is 0. The van der Waals surface area contributed by atoms with E-state index in [9.17, 15) is 0 Å². The fourth-order valence-corrected chi connectivity index (χ4v) is 4.23. The normalized spacial score (nSPS) is 15.3. The van der Waals surface area contributed by atoms with Crippen LogP contribution in [0.15, 0.2) is 54.6 Å². The maximum Gasteiger partial charge on any atom is 0.203 e. The topological polar surface area (TPSA) is 34.2 Å². The van der Waals surface area contributed by atoms with Crippen molar-refractivity contribution in [3.05, 3.63) is 65.7 Å². The van der Waals surface area contributed by atoms with Gasteiger partial charge in [-0.15, -0.1) is 0 Å². The first kappa shape index (κ1) is 20.5. The highest BCUT2D eigenvalue weighted by Crippen LogP contribution is 2.40. The van der Waals surface area contributed by atoms with Crippen LogP contribution < -0.4 is 14.2 Å². The second-order valence-electron chi connectivity index (χ2n) is 7.73. The molecular formula is C25H30N2O3. The predicted molar refractivity (Wildman–Crippen MR) is 121 cm³/mol. The summed E-state index contributed by atoms with van der Waals surface area (Å²) in [6.07, 6.45) is 0. The summed E-state index contributed by atoms with van der Waals surface area (Å²) in [7, 11) is 4.98. The molecule has 3 aromatic rings. The summed E-state index contributed by atoms with van der Waals surface area (Å²) in [5.41, 5.74) is 2.50. The lowest BCUT2D eigenvalue weighted by molar-refractivity contribution is 0.121. The van der Waals surface area contributed by atoms with Crippen molar-refractivity contribution in [2.24, 2.45) is 0 Å². The van der Waals surface area contributed by atoms with Gasteiger partial charge in [0.1, 0.15) is 0 Å². The van der Waals surface area contributed by atoms with Crippen LogP contribution in [0.5, 0.6) is 17.2 Å². The molecule has 4 rings (SSSR count). The average Bonchev–Trinajstić information content (AvgIpc) is 2.79. The Hall–Kier alpha value is -2.76. The number of ether oxygens (including phenoxy) is 3. The van der Waals surface area contributed by atoms with Crippen LogP contribution in [-0.4, -0.2) is 57.3 Å². The van der Waals surface area contributed by atoms with Crippen LogP contribution in [0.3, 0.4) is 0 Å². The third-order valence-corrected chi connectivity index (χ3v) is 5.86. The van der Waals surface area contributed by atoms with Crippen molar-refractivity contribution < 1.29 is 14.2 Å². The van der Waals surface area contributed by atoms with Gasteiger partial charge in [0.25, 0.3) is 0 Å². The first-order valence-electron chi connectivity index (χ1n) is 10.4. The quantitative estimate of drug-likeness (QED) is 0.588. The molecule has 0 N–H and O–H groups in total. The van der Waals surface area contributed by atoms with Crippen LogP contribution in [0.25, 0.3) is 10.8 Å². The molecule has 1 saturated heterocycles. The Morgan fingerprint density at radius 2 is 1.33 bits per heavy atom. The van der Waals surface area contributed by atoms with E-state index in [1.54, 1.807) is 21.3 Å². The molecule has 0 unspecified atom stereocenters. The monoisotopic (exact) mass is 406 g/mol. The molecule has 5 nitrogen and oxygen atoms in total. The van der Waals surface area contributed by atoms with Gasteiger partial charge in [-0.05, 0) is 28.5 Å². The van der Waals surface area contributed by atoms with Gasteiger partial charge >= 0.3 is 0 Å². The molecule has 0 atom stereocenters. The van der Waals surface area contributed by atoms with Gasteiger partial charge < -0.3 is 14.2 Å². The van der Waals surface area contributed by atoms with E-state index >= 15 is 0 Å². The van der Waals surface area contributed by atoms with Gasteiger partial charge in [-0.2, -0.15) is 0 Å². The van der Waals surface area contributed by atoms with Crippen molar-refractivity contribution in [3.8, 4) is 17.2 Å². The van der Waals surface area contributed by atoms with Crippen molar-refractivity contribution in [1.29, 1.82) is 0 Å². The first-order valence-corrected chi connectivity index (χ1v) is 10.4. The Bertz CT molecular complexity index is 997. The Labute approximate surface area is 178 Å². The predicted octanol–water partition coefficient (Wildman–Crippen LogP) is 4.18. The number of methoxy groups -OCH3 is 3. The van der Waals surface area contributed by atoms with Gasteiger partial charge in [0, 0.05) is 44.8 Å². The van der Waals surface area contributed by atoms with E-state index < -0.39 is 0 Å². The highest BCUT2D eigenvalue weighted by molar-refractivity contribution is 5.82. The number of hydrogen-bond acceptors (Lipinski definition) is 5. The van der Waals surface area contributed by atoms with Crippen molar-refractivity contribution in [2.45, 2.75) is 13.1 Å². The maximum absolute atomic E-state index is 5.64. The summed E-state index contributed by atoms with van der Waals surface area (Å²) in [5, 5.41) is 2.61. The molecule has 1 heterocycles. The van der Waals surface area contributed by atoms with Crippen molar-refractivity contribution in [3.63, 3.8) is 0 Å². The van der Waals surface area contributed by atoms with E-state index in [1.165, 1.54) is 16.3 Å². The number of piperazine rings is 1. The molecule has 0 bridgehead atoms. The van der Waals surface area contributed by atoms with Crippen LogP contribution in [0.1, 0.15) is 11.1 Å². The molecule has 3 aromatic carbocycles. The molecule has 0 saturated carbocycles. The van der Waals surface area contributed by atoms with E-state index in [0.717, 1.165) is 50.6 Å². The number of hydrogen-bond donors (Lipinski definition) is 0. The highest BCUT2D eigenvalue weighted by atomic mass is 16.5. The Morgan fingerprint density at radius 3 is 2.00 bits per heavy atom. The summed E-state index contributed by atoms with van der Waals surface area (Å²) in [4.78, 5) is 5.01. The van der Waals surface area contributed by atoms with Gasteiger partial charge in [-0.25, -0.2) is 0 Å². The first-order chi connectivity index (χ1) is 14.7. The standard InChI is InChI=1S/C25H30N2O3/c1-28-23-11-10-22(24(29-2)25(23)30-3)18-27-14-12-26(13-15-27)17-19-8-9-20-6-4-5-7-21(20)16-19/h4-11,16H,12-15,17-18H2,1-3H3. The van der Waals surface area contributed by atoms with E-state index in [-0.39, 0.29) is 0 Å². The minimum atomic E-state index is 0.660. The van der Waals surface area contributed by atoms with Crippen molar-refractivity contribution >= 4 is 10.8 Å². The lowest BCUT2D eigenvalue weighted by atomic mass is 10.1. The van der Waals surface area contributed by atoms with Gasteiger partial charge in [0.15, 0.2) is 11.5 Å². The van der Waals surface area contributed by atoms with Crippen LogP contribution in [0, 0.1) is 0 Å². The molecule has 0 aromatic heterocycles. The Morgan fingerprint density at radius 1 is 0.667 bits per heavy atom. The van der Waals surface area contributed by atoms with Gasteiger partial charge in [-0.1, -0.05) is 42.5 Å². The number of fused-ring (bicyclic) bond motifs is 1. The molecule has 5 heteroatoms. The van der Waals surface area contributed by atoms with Crippen molar-refractivity contribution in [1.82, 2.24) is 9.80 Å². The molecule has 0 aliphatic carbocycles. The molecule has 0 amide bonds. The third kappa shape index (κ3) is 4.37. The van der Waals surface area contributed by atoms with E-state index in [2.05, 4.69) is 58.3 Å². The Kier molecular flexibility index (Phi) is 6.41. The van der Waals surface area contributed by atoms with Gasteiger partial charge in [0.05, 0.1) is 21.3 Å². The molecule has 1 aliphatic heterocycles.